The molecule has 0 aromatic rings. The molecule has 7 heavy (non-hydrogen) atoms. The summed E-state index contributed by atoms with van der Waals surface area (Å²) >= 11 is 1.44. The molecule has 4 atom stereocenters. The molecule has 42 valence electrons. The van der Waals surface area contributed by atoms with Gasteiger partial charge in [-0.25, -0.2) is 0 Å². The Morgan fingerprint density at radius 3 is 2.43 bits per heavy atom. The van der Waals surface area contributed by atoms with E-state index in [9.17, 15) is 0 Å². The molecule has 1 aliphatic carbocycles. The molecular formula is C6H12S. The third kappa shape index (κ3) is 1.37. The van der Waals surface area contributed by atoms with Gasteiger partial charge in [0.1, 0.15) is 0 Å². The van der Waals surface area contributed by atoms with Crippen LogP contribution in [0, 0.1) is 0 Å². The van der Waals surface area contributed by atoms with Gasteiger partial charge >= 0.3 is 0 Å². The van der Waals surface area contributed by atoms with Crippen molar-refractivity contribution in [2.24, 2.45) is 0 Å². The van der Waals surface area contributed by atoms with Crippen LogP contribution < -0.4 is 0 Å². The number of hydrogen-bond donors (Lipinski definition) is 0. The summed E-state index contributed by atoms with van der Waals surface area (Å²) in [6.07, 6.45) is -0.617. The SMILES string of the molecule is [2H]C1C([2H])C([2H])C(SC)C1[2H]. The minimum absolute atomic E-state index is 0.139. The molecule has 1 heteroatoms. The normalized spacial score (nSPS) is 81.6. The second-order valence-electron chi connectivity index (χ2n) is 1.47. The number of hydrogen-bond acceptors (Lipinski definition) is 1. The van der Waals surface area contributed by atoms with Crippen LogP contribution in [-0.2, 0) is 0 Å². The number of thioether (sulfide) groups is 1. The van der Waals surface area contributed by atoms with Crippen LogP contribution in [0.3, 0.4) is 0 Å². The Hall–Kier alpha value is 0.350. The second kappa shape index (κ2) is 2.61. The van der Waals surface area contributed by atoms with Crippen LogP contribution >= 0.6 is 11.8 Å². The van der Waals surface area contributed by atoms with E-state index in [2.05, 4.69) is 0 Å². The highest BCUT2D eigenvalue weighted by molar-refractivity contribution is 7.99. The van der Waals surface area contributed by atoms with E-state index in [4.69, 9.17) is 5.48 Å². The van der Waals surface area contributed by atoms with Gasteiger partial charge in [-0.1, -0.05) is 12.8 Å². The quantitative estimate of drug-likeness (QED) is 0.511. The lowest BCUT2D eigenvalue weighted by Gasteiger charge is -1.99. The molecule has 1 aliphatic rings. The summed E-state index contributed by atoms with van der Waals surface area (Å²) in [6, 6.07) is 0. The summed E-state index contributed by atoms with van der Waals surface area (Å²) in [5.74, 6) is 0. The van der Waals surface area contributed by atoms with E-state index < -0.39 is 25.6 Å². The Bertz CT molecular complexity index is 129. The first-order valence-corrected chi connectivity index (χ1v) is 3.60. The van der Waals surface area contributed by atoms with Crippen LogP contribution in [0.5, 0.6) is 0 Å². The minimum atomic E-state index is -0.685. The predicted octanol–water partition coefficient (Wildman–Crippen LogP) is 2.29. The zero-order valence-corrected chi connectivity index (χ0v) is 5.11. The van der Waals surface area contributed by atoms with Crippen molar-refractivity contribution in [2.75, 3.05) is 6.26 Å². The van der Waals surface area contributed by atoms with Crippen molar-refractivity contribution in [3.05, 3.63) is 0 Å². The molecule has 0 amide bonds. The maximum atomic E-state index is 7.51. The van der Waals surface area contributed by atoms with E-state index in [0.717, 1.165) is 0 Å². The van der Waals surface area contributed by atoms with Crippen molar-refractivity contribution in [3.63, 3.8) is 0 Å². The highest BCUT2D eigenvalue weighted by Crippen LogP contribution is 2.26. The van der Waals surface area contributed by atoms with Crippen LogP contribution in [-0.4, -0.2) is 11.5 Å². The summed E-state index contributed by atoms with van der Waals surface area (Å²) < 4.78 is 29.8. The first kappa shape index (κ1) is 2.30. The highest BCUT2D eigenvalue weighted by atomic mass is 32.2. The Balaban J connectivity index is 2.69. The monoisotopic (exact) mass is 120 g/mol. The van der Waals surface area contributed by atoms with E-state index in [0.29, 0.717) is 0 Å². The Kier molecular flexibility index (Phi) is 0.857. The molecule has 0 aliphatic heterocycles. The Morgan fingerprint density at radius 2 is 2.14 bits per heavy atom. The van der Waals surface area contributed by atoms with Crippen molar-refractivity contribution < 1.29 is 5.48 Å². The Labute approximate surface area is 55.3 Å². The van der Waals surface area contributed by atoms with Gasteiger partial charge in [-0.2, -0.15) is 11.8 Å². The molecule has 0 nitrogen and oxygen atoms in total. The third-order valence-electron chi connectivity index (χ3n) is 0.985. The van der Waals surface area contributed by atoms with Crippen molar-refractivity contribution in [2.45, 2.75) is 30.8 Å². The van der Waals surface area contributed by atoms with Gasteiger partial charge in [-0.05, 0) is 19.0 Å². The fourth-order valence-corrected chi connectivity index (χ4v) is 1.06. The molecule has 4 unspecified atom stereocenters. The maximum Gasteiger partial charge on any atom is 0.0278 e. The summed E-state index contributed by atoms with van der Waals surface area (Å²) in [5, 5.41) is -0.139. The second-order valence-corrected chi connectivity index (χ2v) is 2.49. The van der Waals surface area contributed by atoms with E-state index in [-0.39, 0.29) is 5.25 Å². The van der Waals surface area contributed by atoms with Crippen molar-refractivity contribution in [3.8, 4) is 0 Å². The van der Waals surface area contributed by atoms with Crippen LogP contribution in [0.2, 0.25) is 0 Å². The average molecular weight is 120 g/mol. The van der Waals surface area contributed by atoms with E-state index >= 15 is 0 Å². The summed E-state index contributed by atoms with van der Waals surface area (Å²) in [5.41, 5.74) is 0. The highest BCUT2D eigenvalue weighted by Gasteiger charge is 2.11. The van der Waals surface area contributed by atoms with Gasteiger partial charge in [0, 0.05) is 10.7 Å². The van der Waals surface area contributed by atoms with Gasteiger partial charge in [0.2, 0.25) is 0 Å². The molecular weight excluding hydrogens is 104 g/mol. The van der Waals surface area contributed by atoms with Gasteiger partial charge in [0.05, 0.1) is 0 Å². The molecule has 1 rings (SSSR count). The largest absolute Gasteiger partial charge is 0.162 e. The number of rotatable bonds is 1. The van der Waals surface area contributed by atoms with Gasteiger partial charge < -0.3 is 0 Å². The van der Waals surface area contributed by atoms with E-state index in [1.54, 1.807) is 0 Å². The molecule has 1 saturated carbocycles. The standard InChI is InChI=1S/C6H12S/c1-7-6-4-2-3-5-6/h6H,2-5H2,1H3/i2D,3D,4D,5D. The lowest BCUT2D eigenvalue weighted by Crippen LogP contribution is -1.89. The molecule has 0 aromatic heterocycles. The van der Waals surface area contributed by atoms with Crippen LogP contribution in [0.25, 0.3) is 0 Å². The van der Waals surface area contributed by atoms with Gasteiger partial charge in [0.25, 0.3) is 0 Å². The van der Waals surface area contributed by atoms with E-state index in [1.807, 2.05) is 6.26 Å². The summed E-state index contributed by atoms with van der Waals surface area (Å²) in [4.78, 5) is 0. The first-order chi connectivity index (χ1) is 5.09. The zero-order chi connectivity index (χ0) is 8.59. The molecule has 0 radical (unpaired) electrons. The average Bonchev–Trinajstić information content (AvgIpc) is 2.17. The fourth-order valence-electron chi connectivity index (χ4n) is 0.569. The van der Waals surface area contributed by atoms with Crippen molar-refractivity contribution in [1.82, 2.24) is 0 Å². The van der Waals surface area contributed by atoms with Crippen LogP contribution in [0.4, 0.5) is 0 Å². The van der Waals surface area contributed by atoms with Crippen LogP contribution in [0.1, 0.15) is 31.1 Å². The maximum absolute atomic E-state index is 7.51. The topological polar surface area (TPSA) is 0 Å². The lowest BCUT2D eigenvalue weighted by molar-refractivity contribution is 0.886. The zero-order valence-electron chi connectivity index (χ0n) is 8.29. The van der Waals surface area contributed by atoms with Crippen molar-refractivity contribution in [1.29, 1.82) is 0 Å². The fraction of sp³-hybridized carbons (Fsp3) is 1.00. The predicted molar refractivity (Wildman–Crippen MR) is 35.8 cm³/mol. The van der Waals surface area contributed by atoms with Gasteiger partial charge in [-0.15, -0.1) is 0 Å². The third-order valence-corrected chi connectivity index (χ3v) is 1.84. The molecule has 0 aromatic carbocycles. The molecule has 0 spiro atoms. The summed E-state index contributed by atoms with van der Waals surface area (Å²) in [6.45, 7) is 0. The Morgan fingerprint density at radius 1 is 1.57 bits per heavy atom. The molecule has 0 saturated heterocycles. The summed E-state index contributed by atoms with van der Waals surface area (Å²) in [7, 11) is 0. The van der Waals surface area contributed by atoms with E-state index in [1.165, 1.54) is 11.8 Å². The smallest absolute Gasteiger partial charge is 0.0278 e. The van der Waals surface area contributed by atoms with Crippen LogP contribution in [0.15, 0.2) is 0 Å². The van der Waals surface area contributed by atoms with Gasteiger partial charge in [-0.3, -0.25) is 0 Å². The minimum Gasteiger partial charge on any atom is -0.162 e. The van der Waals surface area contributed by atoms with Gasteiger partial charge in [0.15, 0.2) is 0 Å². The molecule has 0 heterocycles. The molecule has 1 fully saturated rings. The first-order valence-electron chi connectivity index (χ1n) is 4.62. The molecule has 0 N–H and O–H groups in total. The molecule has 0 bridgehead atoms. The van der Waals surface area contributed by atoms with Crippen molar-refractivity contribution >= 4 is 11.8 Å². The lowest BCUT2D eigenvalue weighted by atomic mass is 10.4.